The van der Waals surface area contributed by atoms with Gasteiger partial charge >= 0.3 is 11.7 Å². The lowest BCUT2D eigenvalue weighted by Crippen LogP contribution is -2.27. The van der Waals surface area contributed by atoms with Crippen molar-refractivity contribution in [2.45, 2.75) is 0 Å². The highest BCUT2D eigenvalue weighted by molar-refractivity contribution is 7.92. The number of nitrogens with zero attached hydrogens (tertiary/aromatic N) is 1. The first-order chi connectivity index (χ1) is 16.6. The van der Waals surface area contributed by atoms with E-state index in [0.717, 1.165) is 17.0 Å². The summed E-state index contributed by atoms with van der Waals surface area (Å²) in [6, 6.07) is 14.8. The number of ether oxygens (including phenoxy) is 2. The zero-order valence-corrected chi connectivity index (χ0v) is 19.8. The molecule has 1 aromatic heterocycles. The number of rotatable bonds is 6. The van der Waals surface area contributed by atoms with Crippen LogP contribution in [0.5, 0.6) is 5.75 Å². The zero-order valence-electron chi connectivity index (χ0n) is 19.0. The Kier molecular flexibility index (Phi) is 6.18. The number of carbonyl (C=O) groups excluding carboxylic acids is 1. The van der Waals surface area contributed by atoms with E-state index >= 15 is 0 Å². The molecule has 0 aliphatic heterocycles. The first-order valence-corrected chi connectivity index (χ1v) is 12.1. The molecule has 3 aromatic carbocycles. The summed E-state index contributed by atoms with van der Waals surface area (Å²) in [4.78, 5) is 38.7. The van der Waals surface area contributed by atoms with Gasteiger partial charge in [0.05, 0.1) is 26.2 Å². The third-order valence-electron chi connectivity index (χ3n) is 5.24. The third kappa shape index (κ3) is 4.94. The molecule has 10 nitrogen and oxygen atoms in total. The molecule has 180 valence electrons. The summed E-state index contributed by atoms with van der Waals surface area (Å²) >= 11 is 0. The average Bonchev–Trinajstić information content (AvgIpc) is 2.81. The molecule has 2 N–H and O–H groups in total. The highest BCUT2D eigenvalue weighted by Crippen LogP contribution is 2.37. The van der Waals surface area contributed by atoms with Crippen molar-refractivity contribution in [3.05, 3.63) is 87.2 Å². The number of sulfonamides is 1. The molecule has 0 saturated carbocycles. The molecule has 0 spiro atoms. The summed E-state index contributed by atoms with van der Waals surface area (Å²) in [6.07, 6.45) is 2.39. The Balaban J connectivity index is 1.93. The molecular formula is C24H21N3O7S. The number of fused-ring (bicyclic) bond motifs is 1. The van der Waals surface area contributed by atoms with E-state index in [-0.39, 0.29) is 11.3 Å². The molecule has 35 heavy (non-hydrogen) atoms. The molecule has 0 radical (unpaired) electrons. The predicted octanol–water partition coefficient (Wildman–Crippen LogP) is 2.51. The topological polar surface area (TPSA) is 137 Å². The van der Waals surface area contributed by atoms with Gasteiger partial charge in [0, 0.05) is 23.5 Å². The Hall–Kier alpha value is -4.38. The number of carbonyl (C=O) groups is 1. The molecule has 0 saturated heterocycles. The number of aromatic amines is 1. The Bertz CT molecular complexity index is 1690. The summed E-state index contributed by atoms with van der Waals surface area (Å²) < 4.78 is 37.2. The van der Waals surface area contributed by atoms with Crippen molar-refractivity contribution in [3.8, 4) is 22.6 Å². The van der Waals surface area contributed by atoms with E-state index < -0.39 is 27.2 Å². The highest BCUT2D eigenvalue weighted by Gasteiger charge is 2.21. The summed E-state index contributed by atoms with van der Waals surface area (Å²) in [6.45, 7) is 0. The summed E-state index contributed by atoms with van der Waals surface area (Å²) in [5.41, 5.74) is 0.786. The van der Waals surface area contributed by atoms with E-state index in [2.05, 4.69) is 9.71 Å². The lowest BCUT2D eigenvalue weighted by Gasteiger charge is -2.16. The minimum atomic E-state index is -3.42. The Labute approximate surface area is 199 Å². The number of hydrogen-bond donors (Lipinski definition) is 2. The van der Waals surface area contributed by atoms with Crippen LogP contribution in [0.15, 0.2) is 70.4 Å². The fraction of sp³-hybridized carbons (Fsp3) is 0.125. The summed E-state index contributed by atoms with van der Waals surface area (Å²) in [5.74, 6) is -0.424. The third-order valence-corrected chi connectivity index (χ3v) is 5.85. The van der Waals surface area contributed by atoms with Crippen molar-refractivity contribution in [1.82, 2.24) is 9.55 Å². The van der Waals surface area contributed by atoms with Crippen molar-refractivity contribution in [2.24, 2.45) is 0 Å². The van der Waals surface area contributed by atoms with Gasteiger partial charge in [0.2, 0.25) is 10.0 Å². The van der Waals surface area contributed by atoms with Crippen LogP contribution in [0.2, 0.25) is 0 Å². The van der Waals surface area contributed by atoms with Crippen molar-refractivity contribution in [3.63, 3.8) is 0 Å². The minimum absolute atomic E-state index is 0.0911. The van der Waals surface area contributed by atoms with Crippen LogP contribution in [0.3, 0.4) is 0 Å². The van der Waals surface area contributed by atoms with E-state index in [0.29, 0.717) is 22.5 Å². The minimum Gasteiger partial charge on any atom is -0.495 e. The van der Waals surface area contributed by atoms with Gasteiger partial charge in [-0.15, -0.1) is 0 Å². The molecular weight excluding hydrogens is 474 g/mol. The maximum atomic E-state index is 12.6. The van der Waals surface area contributed by atoms with Gasteiger partial charge < -0.3 is 9.47 Å². The van der Waals surface area contributed by atoms with E-state index in [4.69, 9.17) is 9.47 Å². The van der Waals surface area contributed by atoms with E-state index in [1.165, 1.54) is 37.1 Å². The largest absolute Gasteiger partial charge is 0.495 e. The summed E-state index contributed by atoms with van der Waals surface area (Å²) in [5, 5.41) is 1.58. The van der Waals surface area contributed by atoms with Crippen LogP contribution in [0, 0.1) is 0 Å². The number of hydrogen-bond acceptors (Lipinski definition) is 7. The average molecular weight is 496 g/mol. The molecule has 0 aliphatic carbocycles. The van der Waals surface area contributed by atoms with E-state index in [9.17, 15) is 22.8 Å². The van der Waals surface area contributed by atoms with Crippen LogP contribution in [-0.4, -0.2) is 44.4 Å². The number of methoxy groups -OCH3 is 2. The van der Waals surface area contributed by atoms with Crippen molar-refractivity contribution < 1.29 is 22.7 Å². The number of aromatic nitrogens is 2. The maximum absolute atomic E-state index is 12.6. The molecule has 0 unspecified atom stereocenters. The predicted molar refractivity (Wildman–Crippen MR) is 132 cm³/mol. The Morgan fingerprint density at radius 1 is 0.971 bits per heavy atom. The number of H-pyrrole nitrogens is 1. The Morgan fingerprint density at radius 2 is 1.69 bits per heavy atom. The monoisotopic (exact) mass is 495 g/mol. The van der Waals surface area contributed by atoms with Gasteiger partial charge in [0.15, 0.2) is 0 Å². The Morgan fingerprint density at radius 3 is 2.34 bits per heavy atom. The number of nitrogens with one attached hydrogen (secondary N) is 2. The number of esters is 1. The fourth-order valence-electron chi connectivity index (χ4n) is 3.76. The molecule has 4 aromatic rings. The standard InChI is InChI=1S/C24H21N3O7S/c1-33-22-19(16-5-4-15-11-17(26-35(3,31)32)7-6-14(15)10-16)12-18(13-20(22)23(29)34-2)27-9-8-21(28)25-24(27)30/h4-13,26H,1-3H3,(H,25,28,30). The normalized spacial score (nSPS) is 11.3. The van der Waals surface area contributed by atoms with Gasteiger partial charge in [-0.3, -0.25) is 19.1 Å². The van der Waals surface area contributed by atoms with Crippen molar-refractivity contribution in [1.29, 1.82) is 0 Å². The van der Waals surface area contributed by atoms with Crippen LogP contribution in [0.1, 0.15) is 10.4 Å². The molecule has 0 fully saturated rings. The van der Waals surface area contributed by atoms with E-state index in [1.807, 2.05) is 6.07 Å². The van der Waals surface area contributed by atoms with Crippen LogP contribution < -0.4 is 20.7 Å². The van der Waals surface area contributed by atoms with Crippen LogP contribution >= 0.6 is 0 Å². The van der Waals surface area contributed by atoms with Crippen LogP contribution in [0.4, 0.5) is 5.69 Å². The van der Waals surface area contributed by atoms with Gasteiger partial charge in [-0.25, -0.2) is 18.0 Å². The van der Waals surface area contributed by atoms with Crippen LogP contribution in [-0.2, 0) is 14.8 Å². The molecule has 0 atom stereocenters. The first kappa shape index (κ1) is 23.8. The molecule has 1 heterocycles. The van der Waals surface area contributed by atoms with Gasteiger partial charge in [-0.05, 0) is 46.7 Å². The lowest BCUT2D eigenvalue weighted by molar-refractivity contribution is 0.0597. The zero-order chi connectivity index (χ0) is 25.3. The second-order valence-corrected chi connectivity index (χ2v) is 9.45. The van der Waals surface area contributed by atoms with Gasteiger partial charge in [-0.1, -0.05) is 18.2 Å². The second-order valence-electron chi connectivity index (χ2n) is 7.70. The molecule has 11 heteroatoms. The molecule has 4 rings (SSSR count). The SMILES string of the molecule is COC(=O)c1cc(-n2ccc(=O)[nH]c2=O)cc(-c2ccc3cc(NS(C)(=O)=O)ccc3c2)c1OC. The molecule has 0 bridgehead atoms. The van der Waals surface area contributed by atoms with Gasteiger partial charge in [0.25, 0.3) is 5.56 Å². The number of anilines is 1. The highest BCUT2D eigenvalue weighted by atomic mass is 32.2. The molecule has 0 aliphatic rings. The quantitative estimate of drug-likeness (QED) is 0.392. The van der Waals surface area contributed by atoms with Crippen molar-refractivity contribution in [2.75, 3.05) is 25.2 Å². The van der Waals surface area contributed by atoms with Gasteiger partial charge in [0.1, 0.15) is 11.3 Å². The lowest BCUT2D eigenvalue weighted by atomic mass is 9.97. The van der Waals surface area contributed by atoms with Gasteiger partial charge in [-0.2, -0.15) is 0 Å². The first-order valence-electron chi connectivity index (χ1n) is 10.2. The number of benzene rings is 3. The molecule has 0 amide bonds. The second kappa shape index (κ2) is 9.11. The fourth-order valence-corrected chi connectivity index (χ4v) is 4.32. The summed E-state index contributed by atoms with van der Waals surface area (Å²) in [7, 11) is -0.767. The van der Waals surface area contributed by atoms with Crippen molar-refractivity contribution >= 4 is 32.5 Å². The van der Waals surface area contributed by atoms with E-state index in [1.54, 1.807) is 36.4 Å². The van der Waals surface area contributed by atoms with Crippen LogP contribution in [0.25, 0.3) is 27.6 Å². The smallest absolute Gasteiger partial charge is 0.341 e. The maximum Gasteiger partial charge on any atom is 0.341 e.